The van der Waals surface area contributed by atoms with Crippen LogP contribution < -0.4 is 5.32 Å². The topological polar surface area (TPSA) is 35.6 Å². The highest BCUT2D eigenvalue weighted by Crippen LogP contribution is 2.22. The van der Waals surface area contributed by atoms with Crippen LogP contribution in [0.25, 0.3) is 0 Å². The first-order chi connectivity index (χ1) is 9.61. The molecular weight excluding hydrogens is 274 g/mol. The average Bonchev–Trinajstić information content (AvgIpc) is 2.65. The Bertz CT molecular complexity index is 478. The lowest BCUT2D eigenvalue weighted by atomic mass is 10.1. The van der Waals surface area contributed by atoms with E-state index < -0.39 is 0 Å². The normalized spacial score (nSPS) is 16.9. The number of hydrogen-bond donors (Lipinski definition) is 1. The van der Waals surface area contributed by atoms with Gasteiger partial charge in [-0.2, -0.15) is 0 Å². The predicted molar refractivity (Wildman–Crippen MR) is 83.6 cm³/mol. The molecule has 4 nitrogen and oxygen atoms in total. The smallest absolute Gasteiger partial charge is 0.256 e. The third kappa shape index (κ3) is 3.64. The van der Waals surface area contributed by atoms with Gasteiger partial charge in [0.15, 0.2) is 0 Å². The third-order valence-electron chi connectivity index (χ3n) is 3.59. The molecule has 0 spiro atoms. The number of anilines is 1. The lowest BCUT2D eigenvalue weighted by molar-refractivity contribution is 0.0764. The minimum atomic E-state index is 0.0683. The number of hydrogen-bond acceptors (Lipinski definition) is 3. The van der Waals surface area contributed by atoms with Gasteiger partial charge in [-0.1, -0.05) is 11.6 Å². The van der Waals surface area contributed by atoms with Crippen LogP contribution in [0.3, 0.4) is 0 Å². The Morgan fingerprint density at radius 3 is 2.85 bits per heavy atom. The highest BCUT2D eigenvalue weighted by molar-refractivity contribution is 6.31. The van der Waals surface area contributed by atoms with Crippen LogP contribution in [0, 0.1) is 0 Å². The molecule has 1 heterocycles. The first kappa shape index (κ1) is 15.1. The molecule has 0 atom stereocenters. The highest BCUT2D eigenvalue weighted by Gasteiger charge is 2.21. The number of nitrogens with one attached hydrogen (secondary N) is 1. The van der Waals surface area contributed by atoms with Gasteiger partial charge in [0.2, 0.25) is 0 Å². The zero-order valence-electron chi connectivity index (χ0n) is 12.2. The molecule has 2 rings (SSSR count). The van der Waals surface area contributed by atoms with Gasteiger partial charge in [0.1, 0.15) is 0 Å². The van der Waals surface area contributed by atoms with Crippen LogP contribution in [0.1, 0.15) is 23.7 Å². The summed E-state index contributed by atoms with van der Waals surface area (Å²) in [6, 6.07) is 5.45. The standard InChI is InChI=1S/C15H22ClN3O/c1-3-17-14-6-5-12(16)11-13(14)15(20)19-8-4-7-18(2)9-10-19/h5-6,11,17H,3-4,7-10H2,1-2H3. The SMILES string of the molecule is CCNc1ccc(Cl)cc1C(=O)N1CCCN(C)CC1. The summed E-state index contributed by atoms with van der Waals surface area (Å²) in [7, 11) is 2.09. The third-order valence-corrected chi connectivity index (χ3v) is 3.82. The van der Waals surface area contributed by atoms with Crippen LogP contribution in [-0.2, 0) is 0 Å². The molecule has 0 bridgehead atoms. The summed E-state index contributed by atoms with van der Waals surface area (Å²) in [4.78, 5) is 16.9. The van der Waals surface area contributed by atoms with Crippen molar-refractivity contribution in [2.24, 2.45) is 0 Å². The van der Waals surface area contributed by atoms with Crippen LogP contribution >= 0.6 is 11.6 Å². The Labute approximate surface area is 125 Å². The second-order valence-corrected chi connectivity index (χ2v) is 5.61. The van der Waals surface area contributed by atoms with Gasteiger partial charge in [-0.3, -0.25) is 4.79 Å². The predicted octanol–water partition coefficient (Wildman–Crippen LogP) is 2.55. The van der Waals surface area contributed by atoms with Crippen molar-refractivity contribution < 1.29 is 4.79 Å². The van der Waals surface area contributed by atoms with E-state index >= 15 is 0 Å². The molecule has 1 saturated heterocycles. The van der Waals surface area contributed by atoms with Crippen molar-refractivity contribution in [3.05, 3.63) is 28.8 Å². The van der Waals surface area contributed by atoms with E-state index in [2.05, 4.69) is 17.3 Å². The van der Waals surface area contributed by atoms with Crippen LogP contribution in [-0.4, -0.2) is 55.5 Å². The molecule has 110 valence electrons. The number of carbonyl (C=O) groups is 1. The fraction of sp³-hybridized carbons (Fsp3) is 0.533. The molecule has 5 heteroatoms. The lowest BCUT2D eigenvalue weighted by Gasteiger charge is -2.22. The number of benzene rings is 1. The van der Waals surface area contributed by atoms with E-state index in [1.165, 1.54) is 0 Å². The van der Waals surface area contributed by atoms with Crippen molar-refractivity contribution >= 4 is 23.2 Å². The fourth-order valence-electron chi connectivity index (χ4n) is 2.46. The molecule has 1 fully saturated rings. The first-order valence-corrected chi connectivity index (χ1v) is 7.51. The molecule has 1 aromatic carbocycles. The zero-order valence-corrected chi connectivity index (χ0v) is 12.9. The van der Waals surface area contributed by atoms with Crippen LogP contribution in [0.15, 0.2) is 18.2 Å². The highest BCUT2D eigenvalue weighted by atomic mass is 35.5. The number of likely N-dealkylation sites (N-methyl/N-ethyl adjacent to an activating group) is 1. The molecule has 1 N–H and O–H groups in total. The van der Waals surface area contributed by atoms with Crippen LogP contribution in [0.5, 0.6) is 0 Å². The summed E-state index contributed by atoms with van der Waals surface area (Å²) in [6.45, 7) is 6.34. The second kappa shape index (κ2) is 6.95. The molecule has 0 aromatic heterocycles. The summed E-state index contributed by atoms with van der Waals surface area (Å²) in [5.41, 5.74) is 1.53. The van der Waals surface area contributed by atoms with Gasteiger partial charge in [-0.15, -0.1) is 0 Å². The second-order valence-electron chi connectivity index (χ2n) is 5.17. The Kier molecular flexibility index (Phi) is 5.26. The molecule has 1 aliphatic heterocycles. The van der Waals surface area contributed by atoms with Crippen LogP contribution in [0.4, 0.5) is 5.69 Å². The van der Waals surface area contributed by atoms with Gasteiger partial charge in [-0.05, 0) is 45.1 Å². The van der Waals surface area contributed by atoms with Crippen LogP contribution in [0.2, 0.25) is 5.02 Å². The molecule has 0 aliphatic carbocycles. The Morgan fingerprint density at radius 1 is 1.30 bits per heavy atom. The fourth-order valence-corrected chi connectivity index (χ4v) is 2.63. The minimum Gasteiger partial charge on any atom is -0.385 e. The number of carbonyl (C=O) groups excluding carboxylic acids is 1. The summed E-state index contributed by atoms with van der Waals surface area (Å²) >= 11 is 6.05. The molecule has 1 aromatic rings. The monoisotopic (exact) mass is 295 g/mol. The average molecular weight is 296 g/mol. The lowest BCUT2D eigenvalue weighted by Crippen LogP contribution is -2.34. The first-order valence-electron chi connectivity index (χ1n) is 7.13. The summed E-state index contributed by atoms with van der Waals surface area (Å²) in [6.07, 6.45) is 1.01. The Morgan fingerprint density at radius 2 is 2.10 bits per heavy atom. The number of rotatable bonds is 3. The van der Waals surface area contributed by atoms with Gasteiger partial charge >= 0.3 is 0 Å². The molecule has 1 aliphatic rings. The maximum atomic E-state index is 12.7. The van der Waals surface area contributed by atoms with Gasteiger partial charge in [0, 0.05) is 36.9 Å². The minimum absolute atomic E-state index is 0.0683. The summed E-state index contributed by atoms with van der Waals surface area (Å²) in [5.74, 6) is 0.0683. The van der Waals surface area contributed by atoms with E-state index in [1.54, 1.807) is 6.07 Å². The molecule has 0 radical (unpaired) electrons. The summed E-state index contributed by atoms with van der Waals surface area (Å²) < 4.78 is 0. The van der Waals surface area contributed by atoms with E-state index in [4.69, 9.17) is 11.6 Å². The van der Waals surface area contributed by atoms with E-state index in [0.29, 0.717) is 10.6 Å². The maximum Gasteiger partial charge on any atom is 0.256 e. The van der Waals surface area contributed by atoms with E-state index in [0.717, 1.165) is 44.8 Å². The molecule has 1 amide bonds. The largest absolute Gasteiger partial charge is 0.385 e. The summed E-state index contributed by atoms with van der Waals surface area (Å²) in [5, 5.41) is 3.83. The van der Waals surface area contributed by atoms with Crippen molar-refractivity contribution in [1.82, 2.24) is 9.80 Å². The molecular formula is C15H22ClN3O. The number of halogens is 1. The van der Waals surface area contributed by atoms with E-state index in [1.807, 2.05) is 24.0 Å². The quantitative estimate of drug-likeness (QED) is 0.931. The Hall–Kier alpha value is -1.26. The van der Waals surface area contributed by atoms with E-state index in [-0.39, 0.29) is 5.91 Å². The zero-order chi connectivity index (χ0) is 14.5. The molecule has 0 unspecified atom stereocenters. The molecule has 0 saturated carbocycles. The van der Waals surface area contributed by atoms with Gasteiger partial charge in [0.05, 0.1) is 5.56 Å². The van der Waals surface area contributed by atoms with Gasteiger partial charge in [0.25, 0.3) is 5.91 Å². The van der Waals surface area contributed by atoms with Crippen molar-refractivity contribution in [2.45, 2.75) is 13.3 Å². The van der Waals surface area contributed by atoms with E-state index in [9.17, 15) is 4.79 Å². The van der Waals surface area contributed by atoms with Gasteiger partial charge in [-0.25, -0.2) is 0 Å². The van der Waals surface area contributed by atoms with Crippen molar-refractivity contribution in [3.8, 4) is 0 Å². The maximum absolute atomic E-state index is 12.7. The number of nitrogens with zero attached hydrogens (tertiary/aromatic N) is 2. The van der Waals surface area contributed by atoms with Crippen molar-refractivity contribution in [2.75, 3.05) is 45.1 Å². The number of amides is 1. The van der Waals surface area contributed by atoms with Crippen molar-refractivity contribution in [1.29, 1.82) is 0 Å². The molecule has 20 heavy (non-hydrogen) atoms. The van der Waals surface area contributed by atoms with Gasteiger partial charge < -0.3 is 15.1 Å². The van der Waals surface area contributed by atoms with Crippen molar-refractivity contribution in [3.63, 3.8) is 0 Å². The Balaban J connectivity index is 2.21.